The molecule has 0 spiro atoms. The van der Waals surface area contributed by atoms with Gasteiger partial charge in [0.25, 0.3) is 0 Å². The van der Waals surface area contributed by atoms with Gasteiger partial charge in [0.05, 0.1) is 0 Å². The van der Waals surface area contributed by atoms with Crippen LogP contribution in [-0.2, 0) is 4.74 Å². The van der Waals surface area contributed by atoms with Crippen molar-refractivity contribution in [3.63, 3.8) is 0 Å². The van der Waals surface area contributed by atoms with Crippen LogP contribution >= 0.6 is 0 Å². The summed E-state index contributed by atoms with van der Waals surface area (Å²) in [7, 11) is 0. The third kappa shape index (κ3) is 9.96. The first-order valence-electron chi connectivity index (χ1n) is 10.0. The fourth-order valence-electron chi connectivity index (χ4n) is 3.57. The van der Waals surface area contributed by atoms with Gasteiger partial charge in [-0.25, -0.2) is 0 Å². The van der Waals surface area contributed by atoms with Crippen molar-refractivity contribution in [3.05, 3.63) is 25.3 Å². The normalized spacial score (nSPS) is 13.0. The summed E-state index contributed by atoms with van der Waals surface area (Å²) in [4.78, 5) is 0. The summed E-state index contributed by atoms with van der Waals surface area (Å²) in [6.07, 6.45) is 15.6. The molecule has 0 bridgehead atoms. The minimum atomic E-state index is -2.27. The molecule has 1 nitrogen and oxygen atoms in total. The summed E-state index contributed by atoms with van der Waals surface area (Å²) in [5, 5.41) is 0. The monoisotopic (exact) mass is 430 g/mol. The van der Waals surface area contributed by atoms with Gasteiger partial charge in [0, 0.05) is 0 Å². The SMILES string of the molecule is C=CCCO[CH](CCC=C)[Sn]([CH2]CCC)([CH2]CCC)[CH2]CCC. The average molecular weight is 429 g/mol. The number of hydrogen-bond acceptors (Lipinski definition) is 1. The van der Waals surface area contributed by atoms with Crippen molar-refractivity contribution in [2.45, 2.75) is 96.0 Å². The van der Waals surface area contributed by atoms with Crippen molar-refractivity contribution in [1.82, 2.24) is 0 Å². The molecule has 0 N–H and O–H groups in total. The van der Waals surface area contributed by atoms with Crippen molar-refractivity contribution in [3.8, 4) is 0 Å². The van der Waals surface area contributed by atoms with Crippen molar-refractivity contribution in [2.24, 2.45) is 0 Å². The van der Waals surface area contributed by atoms with Crippen LogP contribution in [0.5, 0.6) is 0 Å². The van der Waals surface area contributed by atoms with E-state index in [4.69, 9.17) is 4.74 Å². The third-order valence-electron chi connectivity index (χ3n) is 5.04. The van der Waals surface area contributed by atoms with E-state index in [1.165, 1.54) is 58.3 Å². The summed E-state index contributed by atoms with van der Waals surface area (Å²) >= 11 is -2.27. The maximum atomic E-state index is 6.52. The van der Waals surface area contributed by atoms with Gasteiger partial charge in [-0.2, -0.15) is 0 Å². The van der Waals surface area contributed by atoms with Crippen LogP contribution in [0.4, 0.5) is 0 Å². The fourth-order valence-corrected chi connectivity index (χ4v) is 21.1. The predicted molar refractivity (Wildman–Crippen MR) is 109 cm³/mol. The number of hydrogen-bond donors (Lipinski definition) is 0. The topological polar surface area (TPSA) is 9.23 Å². The first-order chi connectivity index (χ1) is 11.2. The van der Waals surface area contributed by atoms with E-state index >= 15 is 0 Å². The van der Waals surface area contributed by atoms with E-state index < -0.39 is 18.4 Å². The van der Waals surface area contributed by atoms with Crippen LogP contribution in [0.2, 0.25) is 13.3 Å². The van der Waals surface area contributed by atoms with Gasteiger partial charge in [0.2, 0.25) is 0 Å². The Labute approximate surface area is 150 Å². The van der Waals surface area contributed by atoms with Crippen molar-refractivity contribution in [2.75, 3.05) is 6.61 Å². The van der Waals surface area contributed by atoms with E-state index in [-0.39, 0.29) is 0 Å². The van der Waals surface area contributed by atoms with E-state index in [0.29, 0.717) is 4.12 Å². The van der Waals surface area contributed by atoms with Gasteiger partial charge in [-0.1, -0.05) is 0 Å². The quantitative estimate of drug-likeness (QED) is 0.134. The molecule has 0 heterocycles. The summed E-state index contributed by atoms with van der Waals surface area (Å²) < 4.78 is 11.7. The molecule has 0 aromatic carbocycles. The molecule has 0 aromatic heterocycles. The third-order valence-corrected chi connectivity index (χ3v) is 21.8. The van der Waals surface area contributed by atoms with Gasteiger partial charge in [-0.15, -0.1) is 0 Å². The van der Waals surface area contributed by atoms with E-state index in [1.807, 2.05) is 6.08 Å². The van der Waals surface area contributed by atoms with E-state index in [1.54, 1.807) is 0 Å². The molecule has 23 heavy (non-hydrogen) atoms. The summed E-state index contributed by atoms with van der Waals surface area (Å²) in [5.41, 5.74) is 0. The number of allylic oxidation sites excluding steroid dienone is 1. The van der Waals surface area contributed by atoms with Gasteiger partial charge >= 0.3 is 151 Å². The van der Waals surface area contributed by atoms with Crippen molar-refractivity contribution in [1.29, 1.82) is 0 Å². The zero-order chi connectivity index (χ0) is 17.4. The van der Waals surface area contributed by atoms with Crippen molar-refractivity contribution < 1.29 is 4.74 Å². The molecule has 0 aliphatic heterocycles. The number of unbranched alkanes of at least 4 members (excludes halogenated alkanes) is 3. The molecular weight excluding hydrogens is 387 g/mol. The van der Waals surface area contributed by atoms with Gasteiger partial charge in [0.1, 0.15) is 0 Å². The standard InChI is InChI=1S/C9H15O.3C4H9.Sn/c1-3-5-7-9-10-8-6-4-2;3*1-3-4-2;/h3-4,9H,1-2,5-8H2;3*1,3-4H2,2H3;. The van der Waals surface area contributed by atoms with Crippen LogP contribution in [0.3, 0.4) is 0 Å². The molecule has 136 valence electrons. The van der Waals surface area contributed by atoms with Crippen molar-refractivity contribution >= 4 is 18.4 Å². The molecule has 0 rings (SSSR count). The van der Waals surface area contributed by atoms with Gasteiger partial charge in [0.15, 0.2) is 0 Å². The molecule has 0 saturated carbocycles. The first-order valence-corrected chi connectivity index (χ1v) is 17.7. The van der Waals surface area contributed by atoms with Crippen LogP contribution in [0.1, 0.15) is 78.6 Å². The molecule has 1 unspecified atom stereocenters. The molecule has 2 heteroatoms. The minimum absolute atomic E-state index is 0.590. The Morgan fingerprint density at radius 1 is 0.826 bits per heavy atom. The molecule has 0 aromatic rings. The van der Waals surface area contributed by atoms with Crippen LogP contribution in [0.15, 0.2) is 25.3 Å². The van der Waals surface area contributed by atoms with E-state index in [9.17, 15) is 0 Å². The summed E-state index contributed by atoms with van der Waals surface area (Å²) in [6, 6.07) is 0. The Balaban J connectivity index is 5.21. The second kappa shape index (κ2) is 15.7. The summed E-state index contributed by atoms with van der Waals surface area (Å²) in [6.45, 7) is 15.7. The van der Waals surface area contributed by atoms with E-state index in [0.717, 1.165) is 19.4 Å². The Morgan fingerprint density at radius 2 is 1.30 bits per heavy atom. The van der Waals surface area contributed by atoms with Crippen LogP contribution in [0.25, 0.3) is 0 Å². The Hall–Kier alpha value is 0.239. The molecule has 0 aliphatic carbocycles. The Kier molecular flexibility index (Phi) is 15.9. The van der Waals surface area contributed by atoms with Crippen LogP contribution in [0, 0.1) is 0 Å². The summed E-state index contributed by atoms with van der Waals surface area (Å²) in [5.74, 6) is 0. The number of rotatable bonds is 17. The molecular formula is C21H42OSn. The molecule has 0 aliphatic rings. The first kappa shape index (κ1) is 23.2. The maximum absolute atomic E-state index is 6.52. The zero-order valence-corrected chi connectivity index (χ0v) is 19.1. The second-order valence-corrected chi connectivity index (χ2v) is 20.9. The zero-order valence-electron chi connectivity index (χ0n) is 16.2. The molecule has 0 fully saturated rings. The molecule has 0 amide bonds. The van der Waals surface area contributed by atoms with Crippen LogP contribution in [-0.4, -0.2) is 29.1 Å². The second-order valence-electron chi connectivity index (χ2n) is 6.98. The van der Waals surface area contributed by atoms with Gasteiger partial charge in [-0.3, -0.25) is 0 Å². The Morgan fingerprint density at radius 3 is 1.70 bits per heavy atom. The number of ether oxygens (including phenoxy) is 1. The van der Waals surface area contributed by atoms with E-state index in [2.05, 4.69) is 40.0 Å². The Bertz CT molecular complexity index is 266. The molecule has 1 atom stereocenters. The van der Waals surface area contributed by atoms with Crippen LogP contribution < -0.4 is 0 Å². The molecule has 0 radical (unpaired) electrons. The van der Waals surface area contributed by atoms with Gasteiger partial charge < -0.3 is 0 Å². The van der Waals surface area contributed by atoms with Gasteiger partial charge in [-0.05, 0) is 0 Å². The average Bonchev–Trinajstić information content (AvgIpc) is 2.58. The predicted octanol–water partition coefficient (Wildman–Crippen LogP) is 7.30. The molecule has 0 saturated heterocycles. The fraction of sp³-hybridized carbons (Fsp3) is 0.810.